The van der Waals surface area contributed by atoms with E-state index in [1.807, 2.05) is 0 Å². The topological polar surface area (TPSA) is 43.6 Å². The predicted molar refractivity (Wildman–Crippen MR) is 81.6 cm³/mol. The van der Waals surface area contributed by atoms with Crippen molar-refractivity contribution in [1.82, 2.24) is 9.38 Å². The molecule has 0 N–H and O–H groups in total. The van der Waals surface area contributed by atoms with Gasteiger partial charge in [0.1, 0.15) is 0 Å². The number of alkyl halides is 3. The molecule has 0 saturated carbocycles. The Morgan fingerprint density at radius 2 is 1.88 bits per heavy atom. The van der Waals surface area contributed by atoms with Crippen LogP contribution in [-0.4, -0.2) is 22.0 Å². The van der Waals surface area contributed by atoms with Crippen LogP contribution < -0.4 is 0 Å². The van der Waals surface area contributed by atoms with Gasteiger partial charge in [0.25, 0.3) is 0 Å². The number of nitrogens with zero attached hydrogens (tertiary/aromatic N) is 2. The fraction of sp³-hybridized carbons (Fsp3) is 0.176. The maximum Gasteiger partial charge on any atom is 0.416 e. The number of hydrogen-bond donors (Lipinski definition) is 0. The van der Waals surface area contributed by atoms with E-state index in [4.69, 9.17) is 4.74 Å². The number of carbonyl (C=O) groups is 1. The van der Waals surface area contributed by atoms with Crippen molar-refractivity contribution in [1.29, 1.82) is 0 Å². The Bertz CT molecular complexity index is 883. The Kier molecular flexibility index (Phi) is 4.01. The average Bonchev–Trinajstić information content (AvgIpc) is 2.94. The third-order valence-corrected chi connectivity index (χ3v) is 3.49. The molecule has 0 spiro atoms. The monoisotopic (exact) mass is 334 g/mol. The number of rotatable bonds is 3. The lowest BCUT2D eigenvalue weighted by molar-refractivity contribution is -0.137. The van der Waals surface area contributed by atoms with Crippen molar-refractivity contribution in [3.05, 3.63) is 60.0 Å². The smallest absolute Gasteiger partial charge is 0.416 e. The zero-order valence-corrected chi connectivity index (χ0v) is 12.7. The number of benzene rings is 1. The molecular weight excluding hydrogens is 321 g/mol. The Balaban J connectivity index is 2.11. The molecule has 0 aliphatic rings. The number of pyridine rings is 1. The normalized spacial score (nSPS) is 11.7. The van der Waals surface area contributed by atoms with Crippen molar-refractivity contribution >= 4 is 11.5 Å². The lowest BCUT2D eigenvalue weighted by atomic mass is 10.1. The fourth-order valence-corrected chi connectivity index (χ4v) is 2.41. The molecule has 3 rings (SSSR count). The lowest BCUT2D eigenvalue weighted by Gasteiger charge is -2.06. The number of esters is 1. The number of aromatic nitrogens is 2. The molecule has 0 saturated heterocycles. The van der Waals surface area contributed by atoms with E-state index in [0.717, 1.165) is 12.1 Å². The SMILES string of the molecule is CCOC(=O)c1nc(-c2ccc(C(F)(F)F)cc2)c2ccccn12. The second-order valence-corrected chi connectivity index (χ2v) is 5.04. The van der Waals surface area contributed by atoms with Gasteiger partial charge in [0, 0.05) is 11.8 Å². The molecule has 3 aromatic rings. The fourth-order valence-electron chi connectivity index (χ4n) is 2.41. The molecule has 24 heavy (non-hydrogen) atoms. The summed E-state index contributed by atoms with van der Waals surface area (Å²) in [7, 11) is 0. The van der Waals surface area contributed by atoms with Gasteiger partial charge in [-0.1, -0.05) is 18.2 Å². The second-order valence-electron chi connectivity index (χ2n) is 5.04. The predicted octanol–water partition coefficient (Wildman–Crippen LogP) is 4.20. The van der Waals surface area contributed by atoms with Crippen molar-refractivity contribution in [3.63, 3.8) is 0 Å². The van der Waals surface area contributed by atoms with Crippen LogP contribution in [-0.2, 0) is 10.9 Å². The maximum absolute atomic E-state index is 12.7. The molecule has 0 aliphatic carbocycles. The van der Waals surface area contributed by atoms with E-state index in [0.29, 0.717) is 16.8 Å². The molecule has 2 heterocycles. The molecule has 0 bridgehead atoms. The summed E-state index contributed by atoms with van der Waals surface area (Å²) >= 11 is 0. The average molecular weight is 334 g/mol. The van der Waals surface area contributed by atoms with Gasteiger partial charge in [-0.25, -0.2) is 9.78 Å². The van der Waals surface area contributed by atoms with Crippen molar-refractivity contribution in [3.8, 4) is 11.3 Å². The molecule has 0 fully saturated rings. The minimum atomic E-state index is -4.40. The van der Waals surface area contributed by atoms with Crippen LogP contribution in [0.5, 0.6) is 0 Å². The largest absolute Gasteiger partial charge is 0.460 e. The zero-order chi connectivity index (χ0) is 17.3. The highest BCUT2D eigenvalue weighted by molar-refractivity contribution is 5.90. The Labute approximate surface area is 135 Å². The van der Waals surface area contributed by atoms with Crippen LogP contribution in [0.4, 0.5) is 13.2 Å². The molecule has 0 amide bonds. The van der Waals surface area contributed by atoms with Crippen molar-refractivity contribution < 1.29 is 22.7 Å². The van der Waals surface area contributed by atoms with E-state index in [-0.39, 0.29) is 12.4 Å². The number of hydrogen-bond acceptors (Lipinski definition) is 3. The lowest BCUT2D eigenvalue weighted by Crippen LogP contribution is -2.09. The summed E-state index contributed by atoms with van der Waals surface area (Å²) in [6, 6.07) is 9.90. The van der Waals surface area contributed by atoms with Gasteiger partial charge < -0.3 is 4.74 Å². The van der Waals surface area contributed by atoms with E-state index >= 15 is 0 Å². The van der Waals surface area contributed by atoms with Crippen LogP contribution in [0.25, 0.3) is 16.8 Å². The maximum atomic E-state index is 12.7. The van der Waals surface area contributed by atoms with Gasteiger partial charge in [-0.05, 0) is 31.2 Å². The summed E-state index contributed by atoms with van der Waals surface area (Å²) in [5.41, 5.74) is 0.787. The Morgan fingerprint density at radius 3 is 2.50 bits per heavy atom. The van der Waals surface area contributed by atoms with Gasteiger partial charge >= 0.3 is 12.1 Å². The number of fused-ring (bicyclic) bond motifs is 1. The summed E-state index contributed by atoms with van der Waals surface area (Å²) in [5.74, 6) is -0.501. The van der Waals surface area contributed by atoms with Gasteiger partial charge in [-0.15, -0.1) is 0 Å². The van der Waals surface area contributed by atoms with Gasteiger partial charge in [0.2, 0.25) is 5.82 Å². The van der Waals surface area contributed by atoms with Crippen LogP contribution in [0.2, 0.25) is 0 Å². The van der Waals surface area contributed by atoms with E-state index in [1.165, 1.54) is 12.1 Å². The van der Waals surface area contributed by atoms with E-state index < -0.39 is 17.7 Å². The highest BCUT2D eigenvalue weighted by atomic mass is 19.4. The molecule has 7 heteroatoms. The summed E-state index contributed by atoms with van der Waals surface area (Å²) in [5, 5.41) is 0. The highest BCUT2D eigenvalue weighted by Crippen LogP contribution is 2.32. The minimum absolute atomic E-state index is 0.0855. The summed E-state index contributed by atoms with van der Waals surface area (Å²) in [6.45, 7) is 1.89. The first-order valence-electron chi connectivity index (χ1n) is 7.23. The van der Waals surface area contributed by atoms with Crippen molar-refractivity contribution in [2.24, 2.45) is 0 Å². The van der Waals surface area contributed by atoms with Crippen LogP contribution in [0.3, 0.4) is 0 Å². The zero-order valence-electron chi connectivity index (χ0n) is 12.7. The molecule has 4 nitrogen and oxygen atoms in total. The molecule has 0 radical (unpaired) electrons. The van der Waals surface area contributed by atoms with Gasteiger partial charge in [0.05, 0.1) is 23.4 Å². The summed E-state index contributed by atoms with van der Waals surface area (Å²) < 4.78 is 44.6. The number of imidazole rings is 1. The Morgan fingerprint density at radius 1 is 1.17 bits per heavy atom. The molecular formula is C17H13F3N2O2. The molecule has 124 valence electrons. The van der Waals surface area contributed by atoms with Crippen molar-refractivity contribution in [2.75, 3.05) is 6.61 Å². The molecule has 1 aromatic carbocycles. The van der Waals surface area contributed by atoms with Gasteiger partial charge in [-0.2, -0.15) is 13.2 Å². The van der Waals surface area contributed by atoms with Crippen LogP contribution >= 0.6 is 0 Å². The number of carbonyl (C=O) groups excluding carboxylic acids is 1. The van der Waals surface area contributed by atoms with Crippen molar-refractivity contribution in [2.45, 2.75) is 13.1 Å². The van der Waals surface area contributed by atoms with Gasteiger partial charge in [0.15, 0.2) is 0 Å². The minimum Gasteiger partial charge on any atom is -0.460 e. The van der Waals surface area contributed by atoms with Crippen LogP contribution in [0.15, 0.2) is 48.7 Å². The molecule has 0 atom stereocenters. The summed E-state index contributed by atoms with van der Waals surface area (Å²) in [6.07, 6.45) is -2.74. The third-order valence-electron chi connectivity index (χ3n) is 3.49. The van der Waals surface area contributed by atoms with Crippen LogP contribution in [0.1, 0.15) is 23.1 Å². The third kappa shape index (κ3) is 2.84. The molecule has 2 aromatic heterocycles. The number of halogens is 3. The van der Waals surface area contributed by atoms with Gasteiger partial charge in [-0.3, -0.25) is 4.40 Å². The first kappa shape index (κ1) is 16.0. The second kappa shape index (κ2) is 5.99. The standard InChI is InChI=1S/C17H13F3N2O2/c1-2-24-16(23)15-21-14(13-5-3-4-10-22(13)15)11-6-8-12(9-7-11)17(18,19)20/h3-10H,2H2,1H3. The first-order chi connectivity index (χ1) is 11.4. The molecule has 0 aliphatic heterocycles. The highest BCUT2D eigenvalue weighted by Gasteiger charge is 2.30. The molecule has 0 unspecified atom stereocenters. The number of ether oxygens (including phenoxy) is 1. The van der Waals surface area contributed by atoms with Crippen LogP contribution in [0, 0.1) is 0 Å². The first-order valence-corrected chi connectivity index (χ1v) is 7.23. The van der Waals surface area contributed by atoms with E-state index in [9.17, 15) is 18.0 Å². The quantitative estimate of drug-likeness (QED) is 0.674. The summed E-state index contributed by atoms with van der Waals surface area (Å²) in [4.78, 5) is 16.3. The Hall–Kier alpha value is -2.83. The van der Waals surface area contributed by atoms with E-state index in [2.05, 4.69) is 4.98 Å². The van der Waals surface area contributed by atoms with E-state index in [1.54, 1.807) is 35.7 Å².